The van der Waals surface area contributed by atoms with Gasteiger partial charge < -0.3 is 16.0 Å². The molecule has 2 amide bonds. The van der Waals surface area contributed by atoms with Gasteiger partial charge in [0.2, 0.25) is 11.8 Å². The summed E-state index contributed by atoms with van der Waals surface area (Å²) in [6, 6.07) is 7.86. The SMILES string of the molecule is CN=CC(C=N)c1ccc(-c2cnc(N)c(Cl)c2N2CCC3(CC2)CC(=O)NC3=O)cc1. The molecular weight excluding hydrogens is 428 g/mol. The number of nitrogens with zero attached hydrogens (tertiary/aromatic N) is 3. The molecule has 32 heavy (non-hydrogen) atoms. The highest BCUT2D eigenvalue weighted by Crippen LogP contribution is 2.44. The first-order chi connectivity index (χ1) is 15.4. The molecule has 166 valence electrons. The van der Waals surface area contributed by atoms with Crippen LogP contribution in [0.5, 0.6) is 0 Å². The molecule has 9 heteroatoms. The average Bonchev–Trinajstić information content (AvgIpc) is 3.07. The van der Waals surface area contributed by atoms with Crippen molar-refractivity contribution in [2.45, 2.75) is 25.2 Å². The lowest BCUT2D eigenvalue weighted by Crippen LogP contribution is -2.44. The van der Waals surface area contributed by atoms with Gasteiger partial charge in [0.15, 0.2) is 0 Å². The highest BCUT2D eigenvalue weighted by Gasteiger charge is 2.48. The highest BCUT2D eigenvalue weighted by atomic mass is 35.5. The van der Waals surface area contributed by atoms with Crippen LogP contribution >= 0.6 is 11.6 Å². The second-order valence-electron chi connectivity index (χ2n) is 8.26. The van der Waals surface area contributed by atoms with E-state index in [-0.39, 0.29) is 30.0 Å². The van der Waals surface area contributed by atoms with Crippen LogP contribution in [0.2, 0.25) is 5.02 Å². The first kappa shape index (κ1) is 22.0. The third kappa shape index (κ3) is 3.86. The molecule has 0 radical (unpaired) electrons. The molecule has 0 saturated carbocycles. The molecule has 1 aromatic heterocycles. The Morgan fingerprint density at radius 1 is 1.28 bits per heavy atom. The number of hydrogen-bond acceptors (Lipinski definition) is 7. The van der Waals surface area contributed by atoms with Crippen LogP contribution in [0.25, 0.3) is 11.1 Å². The van der Waals surface area contributed by atoms with E-state index in [1.807, 2.05) is 24.3 Å². The van der Waals surface area contributed by atoms with Crippen molar-refractivity contribution in [3.05, 3.63) is 41.0 Å². The zero-order valence-corrected chi connectivity index (χ0v) is 18.5. The fraction of sp³-hybridized carbons (Fsp3) is 0.348. The van der Waals surface area contributed by atoms with Gasteiger partial charge in [-0.15, -0.1) is 0 Å². The van der Waals surface area contributed by atoms with Crippen molar-refractivity contribution in [3.63, 3.8) is 0 Å². The first-order valence-electron chi connectivity index (χ1n) is 10.4. The van der Waals surface area contributed by atoms with Gasteiger partial charge in [-0.3, -0.25) is 19.9 Å². The number of nitrogens with one attached hydrogen (secondary N) is 2. The van der Waals surface area contributed by atoms with Crippen molar-refractivity contribution in [1.82, 2.24) is 10.3 Å². The standard InChI is InChI=1S/C23H25ClN6O2/c1-27-12-16(11-25)14-2-4-15(5-3-14)17-13-28-21(26)19(24)20(17)30-8-6-23(7-9-30)10-18(31)29-22(23)32/h2-5,11-13,16,25H,6-10H2,1H3,(H2,26,28)(H,29,31,32). The molecule has 4 rings (SSSR count). The fourth-order valence-corrected chi connectivity index (χ4v) is 4.81. The fourth-order valence-electron chi connectivity index (χ4n) is 4.54. The van der Waals surface area contributed by atoms with Crippen LogP contribution in [0.1, 0.15) is 30.7 Å². The van der Waals surface area contributed by atoms with Crippen LogP contribution in [0.3, 0.4) is 0 Å². The molecule has 3 heterocycles. The predicted octanol–water partition coefficient (Wildman–Crippen LogP) is 3.05. The van der Waals surface area contributed by atoms with Crippen molar-refractivity contribution in [2.24, 2.45) is 10.4 Å². The summed E-state index contributed by atoms with van der Waals surface area (Å²) in [7, 11) is 1.69. The van der Waals surface area contributed by atoms with E-state index in [1.54, 1.807) is 19.5 Å². The zero-order chi connectivity index (χ0) is 22.9. The number of aromatic nitrogens is 1. The molecule has 1 unspecified atom stereocenters. The summed E-state index contributed by atoms with van der Waals surface area (Å²) in [5.41, 5.74) is 8.91. The maximum atomic E-state index is 12.3. The monoisotopic (exact) mass is 452 g/mol. The maximum Gasteiger partial charge on any atom is 0.233 e. The molecule has 2 aromatic rings. The number of rotatable bonds is 5. The van der Waals surface area contributed by atoms with E-state index in [2.05, 4.69) is 20.2 Å². The van der Waals surface area contributed by atoms with Crippen molar-refractivity contribution < 1.29 is 9.59 Å². The Balaban J connectivity index is 1.65. The van der Waals surface area contributed by atoms with Gasteiger partial charge in [0, 0.05) is 50.7 Å². The number of benzene rings is 1. The van der Waals surface area contributed by atoms with Crippen LogP contribution < -0.4 is 16.0 Å². The summed E-state index contributed by atoms with van der Waals surface area (Å²) < 4.78 is 0. The molecule has 2 saturated heterocycles. The number of piperidine rings is 1. The lowest BCUT2D eigenvalue weighted by Gasteiger charge is -2.39. The minimum absolute atomic E-state index is 0.172. The Morgan fingerprint density at radius 3 is 2.53 bits per heavy atom. The molecule has 2 aliphatic rings. The van der Waals surface area contributed by atoms with Crippen molar-refractivity contribution in [2.75, 3.05) is 30.8 Å². The Kier molecular flexibility index (Phi) is 5.97. The molecule has 2 aliphatic heterocycles. The summed E-state index contributed by atoms with van der Waals surface area (Å²) in [4.78, 5) is 34.5. The highest BCUT2D eigenvalue weighted by molar-refractivity contribution is 6.36. The van der Waals surface area contributed by atoms with Crippen molar-refractivity contribution >= 4 is 47.3 Å². The number of nitrogens with two attached hydrogens (primary N) is 1. The van der Waals surface area contributed by atoms with E-state index in [1.165, 1.54) is 6.21 Å². The topological polar surface area (TPSA) is 125 Å². The molecule has 1 spiro atoms. The summed E-state index contributed by atoms with van der Waals surface area (Å²) in [5, 5.41) is 10.4. The van der Waals surface area contributed by atoms with Gasteiger partial charge >= 0.3 is 0 Å². The van der Waals surface area contributed by atoms with Gasteiger partial charge in [-0.25, -0.2) is 4.98 Å². The van der Waals surface area contributed by atoms with Crippen LogP contribution in [0, 0.1) is 10.8 Å². The number of amides is 2. The largest absolute Gasteiger partial charge is 0.382 e. The second kappa shape index (κ2) is 8.70. The van der Waals surface area contributed by atoms with E-state index in [9.17, 15) is 9.59 Å². The number of anilines is 2. The molecule has 4 N–H and O–H groups in total. The molecule has 8 nitrogen and oxygen atoms in total. The number of aliphatic imine (C=N–C) groups is 1. The summed E-state index contributed by atoms with van der Waals surface area (Å²) in [6.07, 6.45) is 6.17. The molecule has 1 aromatic carbocycles. The molecule has 1 atom stereocenters. The Hall–Kier alpha value is -3.26. The number of pyridine rings is 1. The smallest absolute Gasteiger partial charge is 0.233 e. The summed E-state index contributed by atoms with van der Waals surface area (Å²) in [5.74, 6) is -0.305. The third-order valence-electron chi connectivity index (χ3n) is 6.39. The number of nitrogen functional groups attached to an aromatic ring is 1. The van der Waals surface area contributed by atoms with E-state index in [4.69, 9.17) is 22.7 Å². The lowest BCUT2D eigenvalue weighted by molar-refractivity contribution is -0.129. The quantitative estimate of drug-likeness (QED) is 0.475. The number of hydrogen-bond donors (Lipinski definition) is 3. The van der Waals surface area contributed by atoms with E-state index >= 15 is 0 Å². The Labute approximate surface area is 191 Å². The maximum absolute atomic E-state index is 12.3. The van der Waals surface area contributed by atoms with E-state index in [0.29, 0.717) is 31.0 Å². The predicted molar refractivity (Wildman–Crippen MR) is 127 cm³/mol. The first-order valence-corrected chi connectivity index (χ1v) is 10.8. The Morgan fingerprint density at radius 2 is 1.97 bits per heavy atom. The van der Waals surface area contributed by atoms with Crippen LogP contribution in [-0.4, -0.2) is 49.4 Å². The zero-order valence-electron chi connectivity index (χ0n) is 17.8. The van der Waals surface area contributed by atoms with Crippen LogP contribution in [-0.2, 0) is 9.59 Å². The molecule has 0 aliphatic carbocycles. The Bertz CT molecular complexity index is 1090. The average molecular weight is 453 g/mol. The normalized spacial score (nSPS) is 18.9. The molecule has 0 bridgehead atoms. The van der Waals surface area contributed by atoms with Gasteiger partial charge in [-0.05, 0) is 24.0 Å². The van der Waals surface area contributed by atoms with Gasteiger partial charge in [-0.1, -0.05) is 35.9 Å². The van der Waals surface area contributed by atoms with Crippen molar-refractivity contribution in [3.8, 4) is 11.1 Å². The van der Waals surface area contributed by atoms with E-state index in [0.717, 1.165) is 22.4 Å². The van der Waals surface area contributed by atoms with Crippen molar-refractivity contribution in [1.29, 1.82) is 5.41 Å². The van der Waals surface area contributed by atoms with Crippen LogP contribution in [0.4, 0.5) is 11.5 Å². The van der Waals surface area contributed by atoms with Gasteiger partial charge in [-0.2, -0.15) is 0 Å². The van der Waals surface area contributed by atoms with Gasteiger partial charge in [0.05, 0.1) is 17.0 Å². The molecule has 2 fully saturated rings. The minimum atomic E-state index is -0.622. The minimum Gasteiger partial charge on any atom is -0.382 e. The number of imide groups is 1. The lowest BCUT2D eigenvalue weighted by atomic mass is 9.77. The number of carbonyl (C=O) groups is 2. The number of carbonyl (C=O) groups excluding carboxylic acids is 2. The van der Waals surface area contributed by atoms with Crippen LogP contribution in [0.15, 0.2) is 35.5 Å². The van der Waals surface area contributed by atoms with Gasteiger partial charge in [0.1, 0.15) is 10.8 Å². The third-order valence-corrected chi connectivity index (χ3v) is 6.76. The van der Waals surface area contributed by atoms with Gasteiger partial charge in [0.25, 0.3) is 0 Å². The number of halogens is 1. The second-order valence-corrected chi connectivity index (χ2v) is 8.64. The summed E-state index contributed by atoms with van der Waals surface area (Å²) >= 11 is 6.62. The van der Waals surface area contributed by atoms with E-state index < -0.39 is 5.41 Å². The molecular formula is C23H25ClN6O2. The summed E-state index contributed by atoms with van der Waals surface area (Å²) in [6.45, 7) is 1.16.